The summed E-state index contributed by atoms with van der Waals surface area (Å²) in [7, 11) is 0. The third-order valence-electron chi connectivity index (χ3n) is 6.29. The van der Waals surface area contributed by atoms with Gasteiger partial charge in [0.05, 0.1) is 17.6 Å². The number of likely N-dealkylation sites (tertiary alicyclic amines) is 1. The molecule has 0 aliphatic carbocycles. The zero-order valence-corrected chi connectivity index (χ0v) is 19.3. The molecular weight excluding hydrogens is 464 g/mol. The summed E-state index contributed by atoms with van der Waals surface area (Å²) >= 11 is 5.80. The number of aryl methyl sites for hydroxylation is 1. The molecule has 0 bridgehead atoms. The van der Waals surface area contributed by atoms with Gasteiger partial charge in [0.1, 0.15) is 24.6 Å². The number of nitrogens with two attached hydrogens (primary N) is 1. The summed E-state index contributed by atoms with van der Waals surface area (Å²) < 4.78 is 30.3. The van der Waals surface area contributed by atoms with Gasteiger partial charge in [0.2, 0.25) is 5.91 Å². The Morgan fingerprint density at radius 2 is 1.88 bits per heavy atom. The highest BCUT2D eigenvalue weighted by molar-refractivity contribution is 6.30. The molecule has 0 radical (unpaired) electrons. The van der Waals surface area contributed by atoms with E-state index in [1.165, 1.54) is 19.1 Å². The smallest absolute Gasteiger partial charge is 0.243 e. The second-order valence-corrected chi connectivity index (χ2v) is 8.91. The Kier molecular flexibility index (Phi) is 6.81. The van der Waals surface area contributed by atoms with Crippen LogP contribution in [0.25, 0.3) is 10.9 Å². The summed E-state index contributed by atoms with van der Waals surface area (Å²) in [6.07, 6.45) is -0.0351. The molecule has 0 unspecified atom stereocenters. The van der Waals surface area contributed by atoms with Gasteiger partial charge in [-0.05, 0) is 31.0 Å². The summed E-state index contributed by atoms with van der Waals surface area (Å²) in [5.74, 6) is -1.68. The van der Waals surface area contributed by atoms with Gasteiger partial charge in [-0.15, -0.1) is 0 Å². The molecule has 3 atom stereocenters. The fraction of sp³-hybridized carbons (Fsp3) is 0.320. The average Bonchev–Trinajstić information content (AvgIpc) is 3.32. The van der Waals surface area contributed by atoms with E-state index < -0.39 is 35.8 Å². The molecule has 0 saturated carbocycles. The molecule has 1 aromatic heterocycles. The van der Waals surface area contributed by atoms with Gasteiger partial charge < -0.3 is 15.2 Å². The molecule has 6 nitrogen and oxygen atoms in total. The number of ketones is 2. The number of para-hydroxylation sites is 1. The Bertz CT molecular complexity index is 1280. The van der Waals surface area contributed by atoms with E-state index in [0.29, 0.717) is 16.5 Å². The van der Waals surface area contributed by atoms with Crippen LogP contribution in [0.5, 0.6) is 0 Å². The van der Waals surface area contributed by atoms with Crippen LogP contribution in [-0.4, -0.2) is 51.7 Å². The first-order valence-corrected chi connectivity index (χ1v) is 11.3. The number of carbonyl (C=O) groups is 3. The number of rotatable bonds is 7. The summed E-state index contributed by atoms with van der Waals surface area (Å²) in [5.41, 5.74) is 7.38. The van der Waals surface area contributed by atoms with E-state index in [2.05, 4.69) is 0 Å². The molecule has 34 heavy (non-hydrogen) atoms. The number of nitrogens with zero attached hydrogens (tertiary/aromatic N) is 2. The van der Waals surface area contributed by atoms with Crippen LogP contribution in [0, 0.1) is 5.82 Å². The number of Topliss-reactive ketones (excluding diaryl/α,β-unsaturated/α-hetero) is 2. The standard InChI is InChI=1S/C25H24ClF2N3O3/c1-14(32)17-11-30(20-8-3-2-6-16(17)20)13-22(34)31-12-19(27)24(29)25(31)21(33)10-9-15-5-4-7-18(26)23(15)28/h2-8,11,19,24-25H,9-10,12-13,29H2,1H3/t19-,24+,25+/m0/s1. The van der Waals surface area contributed by atoms with Crippen molar-refractivity contribution in [1.29, 1.82) is 0 Å². The van der Waals surface area contributed by atoms with E-state index in [4.69, 9.17) is 17.3 Å². The van der Waals surface area contributed by atoms with Crippen LogP contribution in [0.4, 0.5) is 8.78 Å². The number of benzene rings is 2. The van der Waals surface area contributed by atoms with Crippen LogP contribution in [0.3, 0.4) is 0 Å². The summed E-state index contributed by atoms with van der Waals surface area (Å²) in [4.78, 5) is 39.4. The molecule has 2 N–H and O–H groups in total. The number of amides is 1. The number of aromatic nitrogens is 1. The van der Waals surface area contributed by atoms with Crippen LogP contribution in [0.2, 0.25) is 5.02 Å². The van der Waals surface area contributed by atoms with Crippen molar-refractivity contribution >= 4 is 40.0 Å². The van der Waals surface area contributed by atoms with E-state index in [9.17, 15) is 23.2 Å². The fourth-order valence-corrected chi connectivity index (χ4v) is 4.71. The Balaban J connectivity index is 1.54. The maximum absolute atomic E-state index is 14.5. The Labute approximate surface area is 200 Å². The van der Waals surface area contributed by atoms with Gasteiger partial charge in [0.15, 0.2) is 11.6 Å². The highest BCUT2D eigenvalue weighted by atomic mass is 35.5. The molecule has 9 heteroatoms. The average molecular weight is 488 g/mol. The third-order valence-corrected chi connectivity index (χ3v) is 6.58. The maximum Gasteiger partial charge on any atom is 0.243 e. The van der Waals surface area contributed by atoms with E-state index in [1.807, 2.05) is 0 Å². The molecule has 1 fully saturated rings. The van der Waals surface area contributed by atoms with Gasteiger partial charge in [0, 0.05) is 29.1 Å². The number of hydrogen-bond donors (Lipinski definition) is 1. The van der Waals surface area contributed by atoms with Crippen molar-refractivity contribution in [2.45, 2.75) is 44.6 Å². The van der Waals surface area contributed by atoms with E-state index >= 15 is 0 Å². The first kappa shape index (κ1) is 24.0. The minimum atomic E-state index is -1.56. The highest BCUT2D eigenvalue weighted by Crippen LogP contribution is 2.26. The lowest BCUT2D eigenvalue weighted by Crippen LogP contribution is -2.49. The molecule has 4 rings (SSSR count). The predicted octanol–water partition coefficient (Wildman–Crippen LogP) is 3.71. The van der Waals surface area contributed by atoms with Gasteiger partial charge in [0.25, 0.3) is 0 Å². The normalized spacial score (nSPS) is 20.1. The zero-order chi connectivity index (χ0) is 24.6. The lowest BCUT2D eigenvalue weighted by atomic mass is 9.98. The van der Waals surface area contributed by atoms with Crippen LogP contribution in [0.1, 0.15) is 29.3 Å². The molecule has 3 aromatic rings. The minimum absolute atomic E-state index is 0.0491. The lowest BCUT2D eigenvalue weighted by Gasteiger charge is -2.25. The number of carbonyl (C=O) groups excluding carboxylic acids is 3. The third kappa shape index (κ3) is 4.48. The van der Waals surface area contributed by atoms with Crippen molar-refractivity contribution in [3.05, 3.63) is 70.6 Å². The van der Waals surface area contributed by atoms with Crippen molar-refractivity contribution < 1.29 is 23.2 Å². The number of alkyl halides is 1. The van der Waals surface area contributed by atoms with Crippen LogP contribution in [0.15, 0.2) is 48.7 Å². The second-order valence-electron chi connectivity index (χ2n) is 8.51. The maximum atomic E-state index is 14.5. The number of halogens is 3. The topological polar surface area (TPSA) is 85.4 Å². The molecule has 178 valence electrons. The summed E-state index contributed by atoms with van der Waals surface area (Å²) in [5, 5.41) is 0.660. The Morgan fingerprint density at radius 3 is 2.62 bits per heavy atom. The first-order chi connectivity index (χ1) is 16.2. The van der Waals surface area contributed by atoms with Crippen LogP contribution in [-0.2, 0) is 22.6 Å². The van der Waals surface area contributed by atoms with Crippen molar-refractivity contribution in [3.63, 3.8) is 0 Å². The quantitative estimate of drug-likeness (QED) is 0.515. The molecule has 1 aliphatic rings. The van der Waals surface area contributed by atoms with E-state index in [1.54, 1.807) is 41.1 Å². The van der Waals surface area contributed by atoms with Gasteiger partial charge >= 0.3 is 0 Å². The lowest BCUT2D eigenvalue weighted by molar-refractivity contribution is -0.138. The van der Waals surface area contributed by atoms with Crippen molar-refractivity contribution in [3.8, 4) is 0 Å². The monoisotopic (exact) mass is 487 g/mol. The molecule has 0 spiro atoms. The molecule has 1 aliphatic heterocycles. The summed E-state index contributed by atoms with van der Waals surface area (Å²) in [6, 6.07) is 9.34. The first-order valence-electron chi connectivity index (χ1n) is 10.9. The zero-order valence-electron chi connectivity index (χ0n) is 18.5. The number of hydrogen-bond acceptors (Lipinski definition) is 4. The van der Waals surface area contributed by atoms with Crippen molar-refractivity contribution in [1.82, 2.24) is 9.47 Å². The molecular formula is C25H24ClF2N3O3. The Morgan fingerprint density at radius 1 is 1.15 bits per heavy atom. The highest BCUT2D eigenvalue weighted by Gasteiger charge is 2.45. The van der Waals surface area contributed by atoms with E-state index in [-0.39, 0.29) is 42.3 Å². The van der Waals surface area contributed by atoms with Crippen LogP contribution < -0.4 is 5.73 Å². The van der Waals surface area contributed by atoms with Crippen LogP contribution >= 0.6 is 11.6 Å². The van der Waals surface area contributed by atoms with Crippen molar-refractivity contribution in [2.24, 2.45) is 5.73 Å². The minimum Gasteiger partial charge on any atom is -0.337 e. The van der Waals surface area contributed by atoms with Gasteiger partial charge in [-0.2, -0.15) is 0 Å². The molecule has 1 amide bonds. The second kappa shape index (κ2) is 9.64. The van der Waals surface area contributed by atoms with E-state index in [0.717, 1.165) is 4.90 Å². The van der Waals surface area contributed by atoms with Gasteiger partial charge in [-0.1, -0.05) is 41.9 Å². The largest absolute Gasteiger partial charge is 0.337 e. The summed E-state index contributed by atoms with van der Waals surface area (Å²) in [6.45, 7) is 0.958. The molecule has 2 aromatic carbocycles. The number of fused-ring (bicyclic) bond motifs is 1. The van der Waals surface area contributed by atoms with Gasteiger partial charge in [-0.3, -0.25) is 14.4 Å². The van der Waals surface area contributed by atoms with Gasteiger partial charge in [-0.25, -0.2) is 8.78 Å². The molecule has 2 heterocycles. The van der Waals surface area contributed by atoms with Crippen molar-refractivity contribution in [2.75, 3.05) is 6.54 Å². The fourth-order valence-electron chi connectivity index (χ4n) is 4.52. The predicted molar refractivity (Wildman–Crippen MR) is 125 cm³/mol. The molecule has 1 saturated heterocycles. The SMILES string of the molecule is CC(=O)c1cn(CC(=O)N2C[C@H](F)[C@@H](N)[C@H]2C(=O)CCc2cccc(Cl)c2F)c2ccccc12. The Hall–Kier alpha value is -3.10.